The van der Waals surface area contributed by atoms with Crippen molar-refractivity contribution in [3.8, 4) is 11.3 Å². The normalized spacial score (nSPS) is 10.4. The van der Waals surface area contributed by atoms with E-state index in [4.69, 9.17) is 0 Å². The summed E-state index contributed by atoms with van der Waals surface area (Å²) >= 11 is 1.31. The second kappa shape index (κ2) is 8.55. The lowest BCUT2D eigenvalue weighted by molar-refractivity contribution is -0.120. The Kier molecular flexibility index (Phi) is 5.93. The topological polar surface area (TPSA) is 71.1 Å². The number of hydrogen-bond donors (Lipinski definition) is 2. The van der Waals surface area contributed by atoms with Crippen molar-refractivity contribution in [3.63, 3.8) is 0 Å². The molecule has 0 atom stereocenters. The number of carbonyl (C=O) groups excluding carboxylic acids is 2. The van der Waals surface area contributed by atoms with Gasteiger partial charge in [0.15, 0.2) is 0 Å². The second-order valence-electron chi connectivity index (χ2n) is 5.94. The zero-order valence-corrected chi connectivity index (χ0v) is 15.5. The van der Waals surface area contributed by atoms with Crippen LogP contribution < -0.4 is 10.6 Å². The molecule has 0 aliphatic heterocycles. The molecule has 2 aromatic carbocycles. The molecule has 0 saturated carbocycles. The number of hydrogen-bond acceptors (Lipinski definition) is 4. The van der Waals surface area contributed by atoms with Crippen molar-refractivity contribution in [3.05, 3.63) is 70.3 Å². The molecule has 0 saturated heterocycles. The van der Waals surface area contributed by atoms with Crippen LogP contribution in [0.3, 0.4) is 0 Å². The monoisotopic (exact) mass is 383 g/mol. The minimum Gasteiger partial charge on any atom is -0.352 e. The highest BCUT2D eigenvalue weighted by atomic mass is 32.1. The summed E-state index contributed by atoms with van der Waals surface area (Å²) in [6, 6.07) is 14.1. The van der Waals surface area contributed by atoms with Crippen LogP contribution in [0.2, 0.25) is 0 Å². The Balaban J connectivity index is 1.62. The largest absolute Gasteiger partial charge is 0.352 e. The fraction of sp³-hybridized carbons (Fsp3) is 0.150. The molecular formula is C20H18FN3O2S. The molecule has 7 heteroatoms. The number of aromatic nitrogens is 1. The maximum Gasteiger partial charge on any atom is 0.227 e. The molecule has 3 aromatic rings. The minimum absolute atomic E-state index is 0.138. The molecule has 2 N–H and O–H groups in total. The van der Waals surface area contributed by atoms with Crippen molar-refractivity contribution < 1.29 is 14.0 Å². The van der Waals surface area contributed by atoms with Crippen LogP contribution in [-0.2, 0) is 22.6 Å². The van der Waals surface area contributed by atoms with Gasteiger partial charge in [0.1, 0.15) is 10.8 Å². The maximum atomic E-state index is 14.3. The van der Waals surface area contributed by atoms with E-state index in [1.54, 1.807) is 17.5 Å². The highest BCUT2D eigenvalue weighted by Crippen LogP contribution is 2.27. The molecule has 27 heavy (non-hydrogen) atoms. The zero-order valence-electron chi connectivity index (χ0n) is 14.7. The third kappa shape index (κ3) is 5.21. The van der Waals surface area contributed by atoms with Crippen molar-refractivity contribution in [2.75, 3.05) is 5.32 Å². The molecule has 0 aliphatic rings. The summed E-state index contributed by atoms with van der Waals surface area (Å²) in [6.45, 7) is 1.82. The average molecular weight is 383 g/mol. The number of carbonyl (C=O) groups is 2. The zero-order chi connectivity index (χ0) is 19.2. The number of anilines is 1. The van der Waals surface area contributed by atoms with Crippen molar-refractivity contribution in [1.82, 2.24) is 10.3 Å². The summed E-state index contributed by atoms with van der Waals surface area (Å²) in [5.41, 5.74) is 2.21. The molecule has 5 nitrogen and oxygen atoms in total. The first kappa shape index (κ1) is 18.7. The Labute approximate surface area is 160 Å². The smallest absolute Gasteiger partial charge is 0.227 e. The third-order valence-electron chi connectivity index (χ3n) is 3.76. The molecule has 0 aliphatic carbocycles. The first-order chi connectivity index (χ1) is 13.0. The summed E-state index contributed by atoms with van der Waals surface area (Å²) in [5, 5.41) is 7.71. The number of benzene rings is 2. The summed E-state index contributed by atoms with van der Waals surface area (Å²) in [6.07, 6.45) is 0.142. The standard InChI is InChI=1S/C20H18FN3O2S/c1-13(25)23-15-7-8-16(17(21)9-15)18-12-27-20(24-18)10-19(26)22-11-14-5-3-2-4-6-14/h2-9,12H,10-11H2,1H3,(H,22,26)(H,23,25). The quantitative estimate of drug-likeness (QED) is 0.681. The van der Waals surface area contributed by atoms with Gasteiger partial charge in [0, 0.05) is 30.1 Å². The SMILES string of the molecule is CC(=O)Nc1ccc(-c2csc(CC(=O)NCc3ccccc3)n2)c(F)c1. The summed E-state index contributed by atoms with van der Waals surface area (Å²) in [5.74, 6) is -0.882. The van der Waals surface area contributed by atoms with E-state index < -0.39 is 5.82 Å². The van der Waals surface area contributed by atoms with Gasteiger partial charge >= 0.3 is 0 Å². The third-order valence-corrected chi connectivity index (χ3v) is 4.61. The number of nitrogens with zero attached hydrogens (tertiary/aromatic N) is 1. The van der Waals surface area contributed by atoms with Gasteiger partial charge in [-0.2, -0.15) is 0 Å². The average Bonchev–Trinajstić information content (AvgIpc) is 3.08. The van der Waals surface area contributed by atoms with Gasteiger partial charge in [-0.3, -0.25) is 9.59 Å². The Morgan fingerprint density at radius 2 is 1.93 bits per heavy atom. The van der Waals surface area contributed by atoms with E-state index in [1.807, 2.05) is 30.3 Å². The number of thiazole rings is 1. The van der Waals surface area contributed by atoms with Crippen LogP contribution in [0.15, 0.2) is 53.9 Å². The molecule has 0 radical (unpaired) electrons. The number of halogens is 1. The van der Waals surface area contributed by atoms with Gasteiger partial charge in [-0.15, -0.1) is 11.3 Å². The predicted molar refractivity (Wildman–Crippen MR) is 104 cm³/mol. The van der Waals surface area contributed by atoms with Gasteiger partial charge in [0.05, 0.1) is 12.1 Å². The number of amides is 2. The lowest BCUT2D eigenvalue weighted by Crippen LogP contribution is -2.24. The molecule has 0 bridgehead atoms. The van der Waals surface area contributed by atoms with Crippen LogP contribution in [0.4, 0.5) is 10.1 Å². The van der Waals surface area contributed by atoms with E-state index in [0.29, 0.717) is 28.5 Å². The molecule has 0 fully saturated rings. The van der Waals surface area contributed by atoms with Crippen LogP contribution in [-0.4, -0.2) is 16.8 Å². The van der Waals surface area contributed by atoms with Gasteiger partial charge in [0.25, 0.3) is 0 Å². The predicted octanol–water partition coefficient (Wildman–Crippen LogP) is 3.77. The van der Waals surface area contributed by atoms with Crippen molar-refractivity contribution in [1.29, 1.82) is 0 Å². The first-order valence-electron chi connectivity index (χ1n) is 8.34. The lowest BCUT2D eigenvalue weighted by Gasteiger charge is -2.05. The van der Waals surface area contributed by atoms with Crippen LogP contribution in [0.5, 0.6) is 0 Å². The Morgan fingerprint density at radius 3 is 2.63 bits per heavy atom. The van der Waals surface area contributed by atoms with Crippen molar-refractivity contribution in [2.45, 2.75) is 19.9 Å². The highest BCUT2D eigenvalue weighted by Gasteiger charge is 2.13. The Hall–Kier alpha value is -3.06. The highest BCUT2D eigenvalue weighted by molar-refractivity contribution is 7.10. The second-order valence-corrected chi connectivity index (χ2v) is 6.88. The van der Waals surface area contributed by atoms with Crippen LogP contribution in [0.25, 0.3) is 11.3 Å². The first-order valence-corrected chi connectivity index (χ1v) is 9.22. The minimum atomic E-state index is -0.480. The molecule has 2 amide bonds. The van der Waals surface area contributed by atoms with E-state index in [1.165, 1.54) is 24.3 Å². The van der Waals surface area contributed by atoms with E-state index in [2.05, 4.69) is 15.6 Å². The van der Waals surface area contributed by atoms with E-state index in [9.17, 15) is 14.0 Å². The van der Waals surface area contributed by atoms with E-state index >= 15 is 0 Å². The summed E-state index contributed by atoms with van der Waals surface area (Å²) in [7, 11) is 0. The fourth-order valence-corrected chi connectivity index (χ4v) is 3.31. The molecule has 0 spiro atoms. The molecular weight excluding hydrogens is 365 g/mol. The number of nitrogens with one attached hydrogen (secondary N) is 2. The van der Waals surface area contributed by atoms with Gasteiger partial charge in [-0.25, -0.2) is 9.37 Å². The fourth-order valence-electron chi connectivity index (χ4n) is 2.52. The molecule has 3 rings (SSSR count). The lowest BCUT2D eigenvalue weighted by atomic mass is 10.1. The van der Waals surface area contributed by atoms with Crippen molar-refractivity contribution >= 4 is 28.8 Å². The van der Waals surface area contributed by atoms with Crippen LogP contribution >= 0.6 is 11.3 Å². The van der Waals surface area contributed by atoms with Crippen LogP contribution in [0.1, 0.15) is 17.5 Å². The van der Waals surface area contributed by atoms with E-state index in [0.717, 1.165) is 5.56 Å². The van der Waals surface area contributed by atoms with Crippen LogP contribution in [0, 0.1) is 5.82 Å². The van der Waals surface area contributed by atoms with Crippen molar-refractivity contribution in [2.24, 2.45) is 0 Å². The number of rotatable bonds is 6. The Morgan fingerprint density at radius 1 is 1.15 bits per heavy atom. The molecule has 1 aromatic heterocycles. The Bertz CT molecular complexity index is 957. The van der Waals surface area contributed by atoms with Gasteiger partial charge in [0.2, 0.25) is 11.8 Å². The summed E-state index contributed by atoms with van der Waals surface area (Å²) in [4.78, 5) is 27.5. The van der Waals surface area contributed by atoms with Gasteiger partial charge in [-0.1, -0.05) is 30.3 Å². The molecule has 1 heterocycles. The summed E-state index contributed by atoms with van der Waals surface area (Å²) < 4.78 is 14.3. The molecule has 0 unspecified atom stereocenters. The maximum absolute atomic E-state index is 14.3. The molecule has 138 valence electrons. The van der Waals surface area contributed by atoms with Gasteiger partial charge in [-0.05, 0) is 23.8 Å². The van der Waals surface area contributed by atoms with E-state index in [-0.39, 0.29) is 18.2 Å². The van der Waals surface area contributed by atoms with Gasteiger partial charge < -0.3 is 10.6 Å².